The van der Waals surface area contributed by atoms with Gasteiger partial charge in [0.1, 0.15) is 42.7 Å². The minimum atomic E-state index is -5.68. The van der Waals surface area contributed by atoms with Crippen LogP contribution in [0.2, 0.25) is 0 Å². The first-order valence-electron chi connectivity index (χ1n) is 13.1. The molecule has 1 amide bonds. The predicted molar refractivity (Wildman–Crippen MR) is 142 cm³/mol. The molecule has 0 bridgehead atoms. The highest BCUT2D eigenvalue weighted by molar-refractivity contribution is 7.61. The van der Waals surface area contributed by atoms with Gasteiger partial charge in [0.05, 0.1) is 26.4 Å². The van der Waals surface area contributed by atoms with Gasteiger partial charge in [0, 0.05) is 32.3 Å². The fraction of sp³-hybridized carbons (Fsp3) is 0.762. The Balaban J connectivity index is 1.54. The predicted octanol–water partition coefficient (Wildman–Crippen LogP) is -4.62. The number of carbonyl (C=O) groups is 1. The number of amides is 1. The third-order valence-electron chi connectivity index (χ3n) is 6.38. The monoisotopic (exact) mass is 695 g/mol. The molecule has 2 aliphatic rings. The summed E-state index contributed by atoms with van der Waals surface area (Å²) in [4.78, 5) is 57.2. The van der Waals surface area contributed by atoms with E-state index in [2.05, 4.69) is 18.7 Å². The van der Waals surface area contributed by atoms with Crippen molar-refractivity contribution in [3.8, 4) is 0 Å². The van der Waals surface area contributed by atoms with Crippen molar-refractivity contribution in [3.63, 3.8) is 0 Å². The largest absolute Gasteiger partial charge is 0.483 e. The summed E-state index contributed by atoms with van der Waals surface area (Å²) in [7, 11) is -9.75. The van der Waals surface area contributed by atoms with Crippen molar-refractivity contribution < 1.29 is 81.5 Å². The van der Waals surface area contributed by atoms with E-state index in [0.29, 0.717) is 6.61 Å². The van der Waals surface area contributed by atoms with Gasteiger partial charge in [0.25, 0.3) is 5.56 Å². The van der Waals surface area contributed by atoms with Gasteiger partial charge in [0.2, 0.25) is 5.91 Å². The molecule has 258 valence electrons. The van der Waals surface area contributed by atoms with Crippen LogP contribution in [0.5, 0.6) is 0 Å². The molecule has 0 radical (unpaired) electrons. The number of aliphatic hydroxyl groups is 5. The number of rotatable bonds is 16. The van der Waals surface area contributed by atoms with Gasteiger partial charge in [-0.2, -0.15) is 4.31 Å². The summed E-state index contributed by atoms with van der Waals surface area (Å²) < 4.78 is 59.3. The molecule has 6 unspecified atom stereocenters. The maximum atomic E-state index is 12.5. The van der Waals surface area contributed by atoms with E-state index in [4.69, 9.17) is 18.9 Å². The number of aromatic amines is 1. The smallest absolute Gasteiger partial charge is 0.388 e. The van der Waals surface area contributed by atoms with Crippen LogP contribution < -0.4 is 16.6 Å². The molecule has 2 saturated heterocycles. The van der Waals surface area contributed by atoms with Crippen molar-refractivity contribution in [2.75, 3.05) is 40.1 Å². The normalized spacial score (nSPS) is 32.9. The van der Waals surface area contributed by atoms with Gasteiger partial charge in [-0.15, -0.1) is 0 Å². The summed E-state index contributed by atoms with van der Waals surface area (Å²) in [6, 6.07) is 0.926. The molecule has 45 heavy (non-hydrogen) atoms. The first-order chi connectivity index (χ1) is 21.0. The SMILES string of the molecule is COCCOCCC(=O)NCC1O[C@H](OP(=O)(O)OP(=O)(O)OCC2OC(n3ccc(=O)[nH]c3=O)[C@H](O)[C@@H]2O)[C@@H](O)C(O)[C@H]1O. The van der Waals surface area contributed by atoms with E-state index >= 15 is 0 Å². The Morgan fingerprint density at radius 3 is 2.31 bits per heavy atom. The molecule has 2 fully saturated rings. The molecular formula is C21H35N3O19P2. The lowest BCUT2D eigenvalue weighted by molar-refractivity contribution is -0.273. The van der Waals surface area contributed by atoms with Gasteiger partial charge in [-0.05, 0) is 0 Å². The minimum Gasteiger partial charge on any atom is -0.388 e. The van der Waals surface area contributed by atoms with Crippen molar-refractivity contribution in [2.24, 2.45) is 0 Å². The molecule has 2 aliphatic heterocycles. The summed E-state index contributed by atoms with van der Waals surface area (Å²) in [5.41, 5.74) is -1.76. The number of phosphoric acid groups is 2. The highest BCUT2D eigenvalue weighted by Gasteiger charge is 2.49. The number of ether oxygens (including phenoxy) is 4. The molecule has 0 spiro atoms. The molecule has 9 N–H and O–H groups in total. The third kappa shape index (κ3) is 10.5. The molecule has 3 heterocycles. The summed E-state index contributed by atoms with van der Waals surface area (Å²) in [6.45, 7) is -0.929. The summed E-state index contributed by atoms with van der Waals surface area (Å²) in [5.74, 6) is -0.559. The summed E-state index contributed by atoms with van der Waals surface area (Å²) in [6.07, 6.45) is -15.7. The van der Waals surface area contributed by atoms with Crippen molar-refractivity contribution in [1.29, 1.82) is 0 Å². The van der Waals surface area contributed by atoms with Gasteiger partial charge in [-0.25, -0.2) is 13.9 Å². The van der Waals surface area contributed by atoms with Crippen LogP contribution in [0.1, 0.15) is 12.6 Å². The number of nitrogens with zero attached hydrogens (tertiary/aromatic N) is 1. The second-order valence-electron chi connectivity index (χ2n) is 9.66. The fourth-order valence-electron chi connectivity index (χ4n) is 4.08. The Labute approximate surface area is 253 Å². The number of nitrogens with one attached hydrogen (secondary N) is 2. The Bertz CT molecular complexity index is 1340. The van der Waals surface area contributed by atoms with Crippen LogP contribution in [0.15, 0.2) is 21.9 Å². The van der Waals surface area contributed by atoms with Crippen LogP contribution in [0.4, 0.5) is 0 Å². The second kappa shape index (κ2) is 16.2. The summed E-state index contributed by atoms with van der Waals surface area (Å²) >= 11 is 0. The zero-order chi connectivity index (χ0) is 33.5. The number of methoxy groups -OCH3 is 1. The Kier molecular flexibility index (Phi) is 13.5. The van der Waals surface area contributed by atoms with Crippen LogP contribution >= 0.6 is 15.6 Å². The molecule has 22 nitrogen and oxygen atoms in total. The lowest BCUT2D eigenvalue weighted by atomic mass is 9.99. The fourth-order valence-corrected chi connectivity index (χ4v) is 6.24. The highest BCUT2D eigenvalue weighted by Crippen LogP contribution is 2.61. The number of aliphatic hydroxyl groups excluding tert-OH is 5. The maximum absolute atomic E-state index is 12.5. The Hall–Kier alpha value is -1.95. The quantitative estimate of drug-likeness (QED) is 0.0580. The van der Waals surface area contributed by atoms with Gasteiger partial charge in [0.15, 0.2) is 12.5 Å². The standard InChI is InChI=1S/C21H35N3O19P2/c1-37-6-7-38-5-3-12(25)22-8-10-14(27)16(29)18(31)20(41-10)42-45(35,36)43-44(33,34)39-9-11-15(28)17(30)19(40-11)24-4-2-13(26)23-21(24)32/h2,4,10-11,14-20,27-31H,3,5-9H2,1H3,(H,22,25)(H,33,34)(H,35,36)(H,23,26,32)/t10?,11?,14-,15+,16?,17+,18-,19?,20+/m0/s1. The van der Waals surface area contributed by atoms with E-state index in [0.717, 1.165) is 16.8 Å². The number of hydrogen-bond donors (Lipinski definition) is 9. The van der Waals surface area contributed by atoms with Crippen LogP contribution in [-0.4, -0.2) is 140 Å². The van der Waals surface area contributed by atoms with E-state index < -0.39 is 101 Å². The third-order valence-corrected chi connectivity index (χ3v) is 8.98. The van der Waals surface area contributed by atoms with E-state index in [1.807, 2.05) is 4.98 Å². The Morgan fingerprint density at radius 2 is 1.64 bits per heavy atom. The molecule has 0 aliphatic carbocycles. The Morgan fingerprint density at radius 1 is 0.956 bits per heavy atom. The zero-order valence-electron chi connectivity index (χ0n) is 23.5. The average molecular weight is 695 g/mol. The van der Waals surface area contributed by atoms with Crippen molar-refractivity contribution in [3.05, 3.63) is 33.1 Å². The molecule has 1 aromatic heterocycles. The lowest BCUT2D eigenvalue weighted by Gasteiger charge is -2.40. The van der Waals surface area contributed by atoms with Gasteiger partial charge >= 0.3 is 21.3 Å². The molecular weight excluding hydrogens is 660 g/mol. The van der Waals surface area contributed by atoms with E-state index in [1.54, 1.807) is 0 Å². The van der Waals surface area contributed by atoms with Crippen molar-refractivity contribution in [1.82, 2.24) is 14.9 Å². The maximum Gasteiger partial charge on any atom is 0.483 e. The molecule has 11 atom stereocenters. The molecule has 3 rings (SSSR count). The minimum absolute atomic E-state index is 0.0345. The number of aromatic nitrogens is 2. The van der Waals surface area contributed by atoms with Crippen molar-refractivity contribution in [2.45, 2.75) is 61.7 Å². The molecule has 0 aromatic carbocycles. The molecule has 0 saturated carbocycles. The van der Waals surface area contributed by atoms with E-state index in [-0.39, 0.29) is 19.6 Å². The highest BCUT2D eigenvalue weighted by atomic mass is 31.3. The van der Waals surface area contributed by atoms with Crippen LogP contribution in [0.25, 0.3) is 0 Å². The summed E-state index contributed by atoms with van der Waals surface area (Å²) in [5, 5.41) is 53.3. The second-order valence-corrected chi connectivity index (χ2v) is 12.7. The van der Waals surface area contributed by atoms with Crippen LogP contribution in [0, 0.1) is 0 Å². The van der Waals surface area contributed by atoms with Gasteiger partial charge in [-0.3, -0.25) is 28.2 Å². The topological polar surface area (TPSA) is 324 Å². The van der Waals surface area contributed by atoms with Gasteiger partial charge in [-0.1, -0.05) is 0 Å². The number of hydrogen-bond acceptors (Lipinski definition) is 17. The number of phosphoric ester groups is 2. The van der Waals surface area contributed by atoms with Crippen molar-refractivity contribution >= 4 is 21.6 Å². The molecule has 1 aromatic rings. The first-order valence-corrected chi connectivity index (χ1v) is 16.1. The first kappa shape index (κ1) is 37.5. The number of H-pyrrole nitrogens is 1. The van der Waals surface area contributed by atoms with E-state index in [1.165, 1.54) is 7.11 Å². The van der Waals surface area contributed by atoms with Crippen LogP contribution in [-0.2, 0) is 46.2 Å². The number of carbonyl (C=O) groups excluding carboxylic acids is 1. The van der Waals surface area contributed by atoms with Gasteiger partial charge < -0.3 is 59.6 Å². The average Bonchev–Trinajstić information content (AvgIpc) is 3.23. The van der Waals surface area contributed by atoms with E-state index in [9.17, 15) is 58.8 Å². The zero-order valence-corrected chi connectivity index (χ0v) is 25.3. The lowest BCUT2D eigenvalue weighted by Crippen LogP contribution is -2.60. The van der Waals surface area contributed by atoms with Crippen LogP contribution in [0.3, 0.4) is 0 Å². The molecule has 24 heteroatoms.